The second-order valence-electron chi connectivity index (χ2n) is 5.85. The molecule has 25 heavy (non-hydrogen) atoms. The van der Waals surface area contributed by atoms with Gasteiger partial charge in [-0.1, -0.05) is 0 Å². The van der Waals surface area contributed by atoms with Crippen molar-refractivity contribution in [2.45, 2.75) is 32.2 Å². The van der Waals surface area contributed by atoms with Gasteiger partial charge in [0.1, 0.15) is 6.04 Å². The zero-order valence-electron chi connectivity index (χ0n) is 14.1. The Morgan fingerprint density at radius 1 is 1.44 bits per heavy atom. The maximum absolute atomic E-state index is 12.7. The van der Waals surface area contributed by atoms with Gasteiger partial charge in [-0.3, -0.25) is 19.7 Å². The van der Waals surface area contributed by atoms with E-state index in [9.17, 15) is 19.7 Å². The van der Waals surface area contributed by atoms with E-state index in [1.54, 1.807) is 11.8 Å². The zero-order valence-corrected chi connectivity index (χ0v) is 14.9. The lowest BCUT2D eigenvalue weighted by Crippen LogP contribution is -2.46. The Kier molecular flexibility index (Phi) is 7.79. The van der Waals surface area contributed by atoms with Crippen LogP contribution >= 0.6 is 12.4 Å². The second-order valence-corrected chi connectivity index (χ2v) is 5.85. The number of likely N-dealkylation sites (tertiary alicyclic amines) is 1. The number of halogens is 1. The van der Waals surface area contributed by atoms with Crippen molar-refractivity contribution >= 4 is 29.9 Å². The fraction of sp³-hybridized carbons (Fsp3) is 0.500. The van der Waals surface area contributed by atoms with Crippen LogP contribution in [0.25, 0.3) is 0 Å². The molecule has 0 aromatic heterocycles. The number of carbonyl (C=O) groups is 2. The molecule has 1 fully saturated rings. The summed E-state index contributed by atoms with van der Waals surface area (Å²) < 4.78 is 0. The SMILES string of the molecule is Cc1cc(C(=O)N2CCCC2C(=O)NCCCN)ccc1[N+](=O)[O-].Cl. The van der Waals surface area contributed by atoms with Crippen LogP contribution in [0.4, 0.5) is 5.69 Å². The zero-order chi connectivity index (χ0) is 17.7. The molecule has 1 aliphatic rings. The van der Waals surface area contributed by atoms with Crippen LogP contribution in [0.1, 0.15) is 35.2 Å². The Morgan fingerprint density at radius 2 is 2.16 bits per heavy atom. The molecule has 1 atom stereocenters. The number of benzene rings is 1. The monoisotopic (exact) mass is 370 g/mol. The van der Waals surface area contributed by atoms with Gasteiger partial charge in [0.2, 0.25) is 5.91 Å². The van der Waals surface area contributed by atoms with E-state index in [-0.39, 0.29) is 29.9 Å². The first-order valence-corrected chi connectivity index (χ1v) is 7.99. The van der Waals surface area contributed by atoms with E-state index < -0.39 is 11.0 Å². The van der Waals surface area contributed by atoms with Gasteiger partial charge in [-0.2, -0.15) is 0 Å². The number of nitro groups is 1. The number of nitrogens with two attached hydrogens (primary N) is 1. The fourth-order valence-corrected chi connectivity index (χ4v) is 2.87. The third-order valence-electron chi connectivity index (χ3n) is 4.14. The molecule has 0 aliphatic carbocycles. The predicted molar refractivity (Wildman–Crippen MR) is 95.8 cm³/mol. The van der Waals surface area contributed by atoms with E-state index in [0.29, 0.717) is 43.6 Å². The summed E-state index contributed by atoms with van der Waals surface area (Å²) >= 11 is 0. The maximum atomic E-state index is 12.7. The molecule has 0 spiro atoms. The molecule has 1 unspecified atom stereocenters. The first kappa shape index (κ1) is 20.9. The summed E-state index contributed by atoms with van der Waals surface area (Å²) in [5.74, 6) is -0.447. The van der Waals surface area contributed by atoms with Crippen LogP contribution in [0.5, 0.6) is 0 Å². The highest BCUT2D eigenvalue weighted by Gasteiger charge is 2.34. The molecule has 3 N–H and O–H groups in total. The number of amides is 2. The summed E-state index contributed by atoms with van der Waals surface area (Å²) in [5, 5.41) is 13.7. The normalized spacial score (nSPS) is 16.2. The van der Waals surface area contributed by atoms with Crippen molar-refractivity contribution in [3.05, 3.63) is 39.4 Å². The van der Waals surface area contributed by atoms with Crippen LogP contribution in [0.15, 0.2) is 18.2 Å². The van der Waals surface area contributed by atoms with Crippen molar-refractivity contribution in [2.75, 3.05) is 19.6 Å². The third-order valence-corrected chi connectivity index (χ3v) is 4.14. The molecule has 2 amide bonds. The molecule has 2 rings (SSSR count). The van der Waals surface area contributed by atoms with Gasteiger partial charge in [-0.05, 0) is 44.9 Å². The first-order chi connectivity index (χ1) is 11.5. The van der Waals surface area contributed by atoms with E-state index in [1.165, 1.54) is 18.2 Å². The topological polar surface area (TPSA) is 119 Å². The van der Waals surface area contributed by atoms with Gasteiger partial charge in [-0.25, -0.2) is 0 Å². The second kappa shape index (κ2) is 9.33. The predicted octanol–water partition coefficient (Wildman–Crippen LogP) is 1.39. The minimum Gasteiger partial charge on any atom is -0.354 e. The molecule has 1 aromatic carbocycles. The van der Waals surface area contributed by atoms with E-state index >= 15 is 0 Å². The quantitative estimate of drug-likeness (QED) is 0.445. The van der Waals surface area contributed by atoms with Crippen LogP contribution in [-0.2, 0) is 4.79 Å². The Bertz CT molecular complexity index is 653. The van der Waals surface area contributed by atoms with Gasteiger partial charge in [0.15, 0.2) is 0 Å². The molecule has 0 saturated carbocycles. The van der Waals surface area contributed by atoms with Gasteiger partial charge in [-0.15, -0.1) is 12.4 Å². The molecule has 1 saturated heterocycles. The van der Waals surface area contributed by atoms with Crippen LogP contribution in [0.2, 0.25) is 0 Å². The lowest BCUT2D eigenvalue weighted by Gasteiger charge is -2.24. The maximum Gasteiger partial charge on any atom is 0.272 e. The first-order valence-electron chi connectivity index (χ1n) is 7.99. The highest BCUT2D eigenvalue weighted by Crippen LogP contribution is 2.23. The molecule has 8 nitrogen and oxygen atoms in total. The summed E-state index contributed by atoms with van der Waals surface area (Å²) in [5.41, 5.74) is 6.17. The molecule has 9 heteroatoms. The number of carbonyl (C=O) groups excluding carboxylic acids is 2. The van der Waals surface area contributed by atoms with Crippen LogP contribution in [0.3, 0.4) is 0 Å². The number of nitrogens with one attached hydrogen (secondary N) is 1. The fourth-order valence-electron chi connectivity index (χ4n) is 2.87. The molecular weight excluding hydrogens is 348 g/mol. The summed E-state index contributed by atoms with van der Waals surface area (Å²) in [4.78, 5) is 36.9. The van der Waals surface area contributed by atoms with Gasteiger partial charge in [0, 0.05) is 30.3 Å². The number of hydrogen-bond donors (Lipinski definition) is 2. The number of aryl methyl sites for hydroxylation is 1. The van der Waals surface area contributed by atoms with E-state index in [4.69, 9.17) is 5.73 Å². The van der Waals surface area contributed by atoms with Crippen molar-refractivity contribution in [1.82, 2.24) is 10.2 Å². The Labute approximate surface area is 152 Å². The van der Waals surface area contributed by atoms with E-state index in [1.807, 2.05) is 0 Å². The highest BCUT2D eigenvalue weighted by atomic mass is 35.5. The lowest BCUT2D eigenvalue weighted by atomic mass is 10.1. The van der Waals surface area contributed by atoms with Gasteiger partial charge in [0.05, 0.1) is 4.92 Å². The van der Waals surface area contributed by atoms with Gasteiger partial charge < -0.3 is 16.0 Å². The van der Waals surface area contributed by atoms with Crippen molar-refractivity contribution in [2.24, 2.45) is 5.73 Å². The summed E-state index contributed by atoms with van der Waals surface area (Å²) in [6.45, 7) is 3.08. The average Bonchev–Trinajstić information content (AvgIpc) is 3.03. The average molecular weight is 371 g/mol. The minimum atomic E-state index is -0.495. The molecule has 1 aromatic rings. The third kappa shape index (κ3) is 4.90. The number of nitrogens with zero attached hydrogens (tertiary/aromatic N) is 2. The van der Waals surface area contributed by atoms with Crippen molar-refractivity contribution in [3.63, 3.8) is 0 Å². The Morgan fingerprint density at radius 3 is 2.76 bits per heavy atom. The molecule has 1 aliphatic heterocycles. The van der Waals surface area contributed by atoms with Crippen LogP contribution in [0, 0.1) is 17.0 Å². The largest absolute Gasteiger partial charge is 0.354 e. The molecular formula is C16H23ClN4O4. The molecule has 1 heterocycles. The summed E-state index contributed by atoms with van der Waals surface area (Å²) in [6, 6.07) is 3.78. The standard InChI is InChI=1S/C16H22N4O4.ClH/c1-11-10-12(5-6-13(11)20(23)24)16(22)19-9-2-4-14(19)15(21)18-8-3-7-17;/h5-6,10,14H,2-4,7-9,17H2,1H3,(H,18,21);1H. The Hall–Kier alpha value is -2.19. The van der Waals surface area contributed by atoms with Crippen molar-refractivity contribution < 1.29 is 14.5 Å². The van der Waals surface area contributed by atoms with Crippen molar-refractivity contribution in [3.8, 4) is 0 Å². The Balaban J connectivity index is 0.00000312. The number of nitro benzene ring substituents is 1. The van der Waals surface area contributed by atoms with E-state index in [0.717, 1.165) is 6.42 Å². The highest BCUT2D eigenvalue weighted by molar-refractivity contribution is 5.98. The van der Waals surface area contributed by atoms with Gasteiger partial charge in [0.25, 0.3) is 11.6 Å². The van der Waals surface area contributed by atoms with Crippen molar-refractivity contribution in [1.29, 1.82) is 0 Å². The van der Waals surface area contributed by atoms with E-state index in [2.05, 4.69) is 5.32 Å². The smallest absolute Gasteiger partial charge is 0.272 e. The number of rotatable bonds is 6. The van der Waals surface area contributed by atoms with Crippen LogP contribution in [-0.4, -0.2) is 47.3 Å². The summed E-state index contributed by atoms with van der Waals surface area (Å²) in [7, 11) is 0. The molecule has 0 radical (unpaired) electrons. The minimum absolute atomic E-state index is 0. The lowest BCUT2D eigenvalue weighted by molar-refractivity contribution is -0.385. The molecule has 138 valence electrons. The molecule has 0 bridgehead atoms. The van der Waals surface area contributed by atoms with Crippen LogP contribution < -0.4 is 11.1 Å². The number of hydrogen-bond acceptors (Lipinski definition) is 5. The summed E-state index contributed by atoms with van der Waals surface area (Å²) in [6.07, 6.45) is 2.06. The van der Waals surface area contributed by atoms with Gasteiger partial charge >= 0.3 is 0 Å².